The molecule has 0 radical (unpaired) electrons. The fourth-order valence-corrected chi connectivity index (χ4v) is 10.8. The molecule has 0 aliphatic heterocycles. The standard InChI is InChI=1S/C61H40N2O/c1-4-17-41(18-5-1)42-31-33-46(34-32-42)62(44-21-6-2-7-22-44)47-35-37-51-50-26-12-14-28-54(50)61(55(51)39-47)56-40-48(36-38-52(56)60-59(61)53-27-13-15-30-58(53)64-60)63(45-23-8-3-9-24-45)57-29-16-20-43-19-10-11-25-49(43)57/h1-40H. The van der Waals surface area contributed by atoms with E-state index in [1.165, 1.54) is 55.3 Å². The number of hydrogen-bond acceptors (Lipinski definition) is 3. The highest BCUT2D eigenvalue weighted by Crippen LogP contribution is 2.66. The van der Waals surface area contributed by atoms with E-state index in [1.54, 1.807) is 0 Å². The minimum Gasteiger partial charge on any atom is -0.456 e. The molecule has 0 N–H and O–H groups in total. The van der Waals surface area contributed by atoms with Gasteiger partial charge in [0.1, 0.15) is 11.3 Å². The maximum absolute atomic E-state index is 7.02. The molecule has 1 heterocycles. The predicted molar refractivity (Wildman–Crippen MR) is 265 cm³/mol. The number of nitrogens with zero attached hydrogens (tertiary/aromatic N) is 2. The second-order valence-corrected chi connectivity index (χ2v) is 16.8. The van der Waals surface area contributed by atoms with Gasteiger partial charge in [0.25, 0.3) is 0 Å². The van der Waals surface area contributed by atoms with E-state index in [-0.39, 0.29) is 0 Å². The van der Waals surface area contributed by atoms with Crippen molar-refractivity contribution in [3.05, 3.63) is 265 Å². The Morgan fingerprint density at radius 1 is 0.328 bits per heavy atom. The molecule has 1 spiro atoms. The van der Waals surface area contributed by atoms with Crippen LogP contribution in [0.25, 0.3) is 55.3 Å². The largest absolute Gasteiger partial charge is 0.456 e. The van der Waals surface area contributed by atoms with Crippen LogP contribution in [0.3, 0.4) is 0 Å². The summed E-state index contributed by atoms with van der Waals surface area (Å²) in [7, 11) is 0. The highest BCUT2D eigenvalue weighted by Gasteiger charge is 2.55. The van der Waals surface area contributed by atoms with Crippen LogP contribution in [0.5, 0.6) is 0 Å². The number of anilines is 6. The quantitative estimate of drug-likeness (QED) is 0.160. The summed E-state index contributed by atoms with van der Waals surface area (Å²) in [6.45, 7) is 0. The van der Waals surface area contributed by atoms with E-state index in [4.69, 9.17) is 4.42 Å². The zero-order valence-corrected chi connectivity index (χ0v) is 34.9. The van der Waals surface area contributed by atoms with E-state index < -0.39 is 5.41 Å². The molecule has 1 aromatic heterocycles. The van der Waals surface area contributed by atoms with Crippen LogP contribution in [0, 0.1) is 0 Å². The van der Waals surface area contributed by atoms with Crippen molar-refractivity contribution < 1.29 is 4.42 Å². The number of fused-ring (bicyclic) bond motifs is 13. The number of hydrogen-bond donors (Lipinski definition) is 0. The first-order valence-corrected chi connectivity index (χ1v) is 22.0. The molecule has 11 aromatic rings. The normalized spacial score (nSPS) is 14.3. The lowest BCUT2D eigenvalue weighted by Gasteiger charge is -2.33. The topological polar surface area (TPSA) is 19.6 Å². The average molecular weight is 817 g/mol. The predicted octanol–water partition coefficient (Wildman–Crippen LogP) is 16.5. The van der Waals surface area contributed by atoms with Crippen LogP contribution in [0.15, 0.2) is 247 Å². The summed E-state index contributed by atoms with van der Waals surface area (Å²) in [4.78, 5) is 4.81. The van der Waals surface area contributed by atoms with E-state index in [0.717, 1.165) is 56.4 Å². The summed E-state index contributed by atoms with van der Waals surface area (Å²) in [5.41, 5.74) is 17.7. The summed E-state index contributed by atoms with van der Waals surface area (Å²) in [6, 6.07) is 88.1. The Bertz CT molecular complexity index is 3550. The molecule has 64 heavy (non-hydrogen) atoms. The van der Waals surface area contributed by atoms with Gasteiger partial charge in [0.15, 0.2) is 0 Å². The number of benzene rings is 10. The van der Waals surface area contributed by atoms with Crippen molar-refractivity contribution in [1.29, 1.82) is 0 Å². The van der Waals surface area contributed by atoms with Gasteiger partial charge in [-0.1, -0.05) is 164 Å². The highest BCUT2D eigenvalue weighted by atomic mass is 16.3. The van der Waals surface area contributed by atoms with E-state index >= 15 is 0 Å². The Kier molecular flexibility index (Phi) is 8.13. The molecule has 0 amide bonds. The fourth-order valence-electron chi connectivity index (χ4n) is 10.8. The average Bonchev–Trinajstić information content (AvgIpc) is 3.99. The molecule has 10 aromatic carbocycles. The van der Waals surface area contributed by atoms with Crippen molar-refractivity contribution in [2.45, 2.75) is 5.41 Å². The zero-order chi connectivity index (χ0) is 42.2. The van der Waals surface area contributed by atoms with Crippen molar-refractivity contribution in [1.82, 2.24) is 0 Å². The molecule has 0 saturated heterocycles. The summed E-state index contributed by atoms with van der Waals surface area (Å²) < 4.78 is 7.02. The van der Waals surface area contributed by atoms with Gasteiger partial charge in [0, 0.05) is 50.3 Å². The number of para-hydroxylation sites is 3. The van der Waals surface area contributed by atoms with Crippen LogP contribution in [0.1, 0.15) is 22.3 Å². The Morgan fingerprint density at radius 3 is 1.61 bits per heavy atom. The molecule has 0 saturated carbocycles. The molecule has 3 nitrogen and oxygen atoms in total. The molecule has 2 aliphatic carbocycles. The van der Waals surface area contributed by atoms with Crippen LogP contribution in [-0.2, 0) is 5.41 Å². The molecule has 1 unspecified atom stereocenters. The molecule has 13 rings (SSSR count). The van der Waals surface area contributed by atoms with Crippen molar-refractivity contribution in [3.63, 3.8) is 0 Å². The smallest absolute Gasteiger partial charge is 0.140 e. The third-order valence-corrected chi connectivity index (χ3v) is 13.4. The van der Waals surface area contributed by atoms with Gasteiger partial charge in [0.05, 0.1) is 11.1 Å². The lowest BCUT2D eigenvalue weighted by molar-refractivity contribution is 0.628. The second-order valence-electron chi connectivity index (χ2n) is 16.8. The Morgan fingerprint density at radius 2 is 0.844 bits per heavy atom. The molecule has 300 valence electrons. The molecular formula is C61H40N2O. The van der Waals surface area contributed by atoms with Gasteiger partial charge in [-0.05, 0) is 123 Å². The fraction of sp³-hybridized carbons (Fsp3) is 0.0164. The molecule has 2 aliphatic rings. The molecule has 0 bridgehead atoms. The maximum Gasteiger partial charge on any atom is 0.140 e. The van der Waals surface area contributed by atoms with Crippen LogP contribution in [0.4, 0.5) is 34.1 Å². The third-order valence-electron chi connectivity index (χ3n) is 13.4. The summed E-state index contributed by atoms with van der Waals surface area (Å²) in [6.07, 6.45) is 0. The summed E-state index contributed by atoms with van der Waals surface area (Å²) in [5, 5.41) is 3.53. The molecule has 3 heteroatoms. The van der Waals surface area contributed by atoms with Crippen LogP contribution >= 0.6 is 0 Å². The Hall–Kier alpha value is -8.40. The van der Waals surface area contributed by atoms with Gasteiger partial charge >= 0.3 is 0 Å². The number of rotatable bonds is 7. The molecule has 1 atom stereocenters. The van der Waals surface area contributed by atoms with Crippen molar-refractivity contribution >= 4 is 55.9 Å². The van der Waals surface area contributed by atoms with E-state index in [9.17, 15) is 0 Å². The molecule has 0 fully saturated rings. The van der Waals surface area contributed by atoms with E-state index in [0.29, 0.717) is 0 Å². The van der Waals surface area contributed by atoms with Gasteiger partial charge in [-0.15, -0.1) is 0 Å². The zero-order valence-electron chi connectivity index (χ0n) is 34.9. The van der Waals surface area contributed by atoms with Crippen molar-refractivity contribution in [3.8, 4) is 33.6 Å². The summed E-state index contributed by atoms with van der Waals surface area (Å²) >= 11 is 0. The number of furan rings is 1. The maximum atomic E-state index is 7.02. The van der Waals surface area contributed by atoms with E-state index in [2.05, 4.69) is 252 Å². The van der Waals surface area contributed by atoms with Crippen molar-refractivity contribution in [2.75, 3.05) is 9.80 Å². The lowest BCUT2D eigenvalue weighted by atomic mass is 9.70. The minimum atomic E-state index is -0.685. The lowest BCUT2D eigenvalue weighted by Crippen LogP contribution is -2.26. The first-order chi connectivity index (χ1) is 31.8. The van der Waals surface area contributed by atoms with Crippen LogP contribution in [-0.4, -0.2) is 0 Å². The van der Waals surface area contributed by atoms with E-state index in [1.807, 2.05) is 0 Å². The van der Waals surface area contributed by atoms with Crippen LogP contribution in [0.2, 0.25) is 0 Å². The monoisotopic (exact) mass is 816 g/mol. The Labute approximate surface area is 372 Å². The molecular weight excluding hydrogens is 777 g/mol. The Balaban J connectivity index is 1.08. The van der Waals surface area contributed by atoms with Gasteiger partial charge in [-0.3, -0.25) is 0 Å². The van der Waals surface area contributed by atoms with Crippen molar-refractivity contribution in [2.24, 2.45) is 0 Å². The highest BCUT2D eigenvalue weighted by molar-refractivity contribution is 6.04. The summed E-state index contributed by atoms with van der Waals surface area (Å²) in [5.74, 6) is 0.934. The first-order valence-electron chi connectivity index (χ1n) is 22.0. The van der Waals surface area contributed by atoms with Gasteiger partial charge in [-0.2, -0.15) is 0 Å². The van der Waals surface area contributed by atoms with Crippen LogP contribution < -0.4 is 9.80 Å². The van der Waals surface area contributed by atoms with Gasteiger partial charge in [-0.25, -0.2) is 0 Å². The first kappa shape index (κ1) is 36.3. The van der Waals surface area contributed by atoms with Gasteiger partial charge in [0.2, 0.25) is 0 Å². The minimum absolute atomic E-state index is 0.685. The van der Waals surface area contributed by atoms with Gasteiger partial charge < -0.3 is 14.2 Å². The third kappa shape index (κ3) is 5.34. The second kappa shape index (κ2) is 14.3. The SMILES string of the molecule is c1ccc(-c2ccc(N(c3ccccc3)c3ccc4c(c3)C3(c5ccccc5-4)c4cc(N(c5ccccc5)c5cccc6ccccc56)ccc4-c4oc5ccccc5c43)cc2)cc1.